The number of hydrogen-bond donors (Lipinski definition) is 1. The van der Waals surface area contributed by atoms with Crippen LogP contribution in [0, 0.1) is 5.92 Å². The molecule has 2 heterocycles. The lowest BCUT2D eigenvalue weighted by molar-refractivity contribution is -0.161. The zero-order valence-corrected chi connectivity index (χ0v) is 11.9. The highest BCUT2D eigenvalue weighted by Gasteiger charge is 2.32. The Labute approximate surface area is 110 Å². The average molecular weight is 254 g/mol. The van der Waals surface area contributed by atoms with Crippen molar-refractivity contribution < 1.29 is 9.53 Å². The molecule has 0 radical (unpaired) electrons. The minimum absolute atomic E-state index is 0.00769. The van der Waals surface area contributed by atoms with Crippen molar-refractivity contribution in [1.29, 1.82) is 0 Å². The van der Waals surface area contributed by atoms with Crippen molar-refractivity contribution in [2.45, 2.75) is 51.7 Å². The lowest BCUT2D eigenvalue weighted by Gasteiger charge is -2.35. The number of rotatable bonds is 2. The number of hydrogen-bond acceptors (Lipinski definition) is 4. The Morgan fingerprint density at radius 1 is 1.22 bits per heavy atom. The van der Waals surface area contributed by atoms with E-state index in [0.29, 0.717) is 6.04 Å². The lowest BCUT2D eigenvalue weighted by Crippen LogP contribution is -2.44. The van der Waals surface area contributed by atoms with E-state index in [0.717, 1.165) is 39.0 Å². The second kappa shape index (κ2) is 5.57. The van der Waals surface area contributed by atoms with Crippen LogP contribution in [0.15, 0.2) is 0 Å². The van der Waals surface area contributed by atoms with Crippen LogP contribution in [0.25, 0.3) is 0 Å². The first-order chi connectivity index (χ1) is 8.46. The molecule has 4 nitrogen and oxygen atoms in total. The summed E-state index contributed by atoms with van der Waals surface area (Å²) in [4.78, 5) is 14.5. The van der Waals surface area contributed by atoms with Crippen molar-refractivity contribution >= 4 is 5.97 Å². The molecule has 0 bridgehead atoms. The Morgan fingerprint density at radius 3 is 2.39 bits per heavy atom. The molecule has 0 amide bonds. The average Bonchev–Trinajstić information content (AvgIpc) is 2.80. The quantitative estimate of drug-likeness (QED) is 0.756. The van der Waals surface area contributed by atoms with Gasteiger partial charge in [-0.2, -0.15) is 0 Å². The van der Waals surface area contributed by atoms with Gasteiger partial charge < -0.3 is 10.1 Å². The van der Waals surface area contributed by atoms with Crippen LogP contribution >= 0.6 is 0 Å². The van der Waals surface area contributed by atoms with Gasteiger partial charge in [-0.3, -0.25) is 9.69 Å². The molecule has 1 N–H and O–H groups in total. The van der Waals surface area contributed by atoms with Crippen molar-refractivity contribution in [1.82, 2.24) is 10.2 Å². The van der Waals surface area contributed by atoms with Crippen LogP contribution in [-0.4, -0.2) is 48.7 Å². The van der Waals surface area contributed by atoms with E-state index < -0.39 is 0 Å². The first-order valence-electron chi connectivity index (χ1n) is 7.13. The monoisotopic (exact) mass is 254 g/mol. The highest BCUT2D eigenvalue weighted by molar-refractivity contribution is 5.73. The normalized spacial score (nSPS) is 27.4. The van der Waals surface area contributed by atoms with E-state index in [4.69, 9.17) is 4.74 Å². The van der Waals surface area contributed by atoms with Crippen LogP contribution < -0.4 is 5.32 Å². The molecule has 0 aromatic heterocycles. The topological polar surface area (TPSA) is 41.6 Å². The van der Waals surface area contributed by atoms with Crippen LogP contribution in [-0.2, 0) is 9.53 Å². The summed E-state index contributed by atoms with van der Waals surface area (Å²) in [6, 6.07) is 0.685. The minimum Gasteiger partial charge on any atom is -0.460 e. The Bertz CT molecular complexity index is 285. The van der Waals surface area contributed by atoms with Crippen molar-refractivity contribution in [2.75, 3.05) is 26.2 Å². The number of carbonyl (C=O) groups is 1. The van der Waals surface area contributed by atoms with Gasteiger partial charge >= 0.3 is 5.97 Å². The van der Waals surface area contributed by atoms with Crippen molar-refractivity contribution in [3.05, 3.63) is 0 Å². The van der Waals surface area contributed by atoms with Crippen molar-refractivity contribution in [3.8, 4) is 0 Å². The van der Waals surface area contributed by atoms with E-state index in [2.05, 4.69) is 10.2 Å². The molecule has 104 valence electrons. The third-order valence-electron chi connectivity index (χ3n) is 3.82. The van der Waals surface area contributed by atoms with Crippen LogP contribution in [0.4, 0.5) is 0 Å². The summed E-state index contributed by atoms with van der Waals surface area (Å²) in [6.45, 7) is 10.1. The maximum atomic E-state index is 12.0. The first kappa shape index (κ1) is 13.8. The Hall–Kier alpha value is -0.610. The summed E-state index contributed by atoms with van der Waals surface area (Å²) in [5, 5.41) is 3.40. The Kier molecular flexibility index (Phi) is 4.28. The van der Waals surface area contributed by atoms with Gasteiger partial charge in [0.2, 0.25) is 0 Å². The highest BCUT2D eigenvalue weighted by atomic mass is 16.6. The number of carbonyl (C=O) groups excluding carboxylic acids is 1. The molecular formula is C14H26N2O2. The number of ether oxygens (including phenoxy) is 1. The third-order valence-corrected chi connectivity index (χ3v) is 3.82. The van der Waals surface area contributed by atoms with E-state index in [1.165, 1.54) is 6.42 Å². The van der Waals surface area contributed by atoms with Gasteiger partial charge in [0.05, 0.1) is 5.92 Å². The molecular weight excluding hydrogens is 228 g/mol. The van der Waals surface area contributed by atoms with Gasteiger partial charge in [0.15, 0.2) is 0 Å². The molecule has 2 aliphatic heterocycles. The smallest absolute Gasteiger partial charge is 0.309 e. The molecule has 0 aromatic carbocycles. The molecule has 0 saturated carbocycles. The van der Waals surface area contributed by atoms with Crippen LogP contribution in [0.3, 0.4) is 0 Å². The summed E-state index contributed by atoms with van der Waals surface area (Å²) in [6.07, 6.45) is 3.15. The van der Waals surface area contributed by atoms with E-state index in [-0.39, 0.29) is 17.5 Å². The van der Waals surface area contributed by atoms with Gasteiger partial charge in [-0.25, -0.2) is 0 Å². The second-order valence-corrected chi connectivity index (χ2v) is 6.49. The number of esters is 1. The van der Waals surface area contributed by atoms with Crippen LogP contribution in [0.1, 0.15) is 40.0 Å². The predicted molar refractivity (Wildman–Crippen MR) is 71.4 cm³/mol. The summed E-state index contributed by atoms with van der Waals surface area (Å²) < 4.78 is 5.47. The zero-order valence-electron chi connectivity index (χ0n) is 11.9. The Morgan fingerprint density at radius 2 is 1.89 bits per heavy atom. The number of nitrogens with zero attached hydrogens (tertiary/aromatic N) is 1. The molecule has 2 fully saturated rings. The standard InChI is InChI=1S/C14H26N2O2/c1-14(2,3)18-13(17)11-5-8-16(9-6-11)12-4-7-15-10-12/h11-12,15H,4-10H2,1-3H3/t12-/m1/s1. The highest BCUT2D eigenvalue weighted by Crippen LogP contribution is 2.23. The molecule has 1 atom stereocenters. The first-order valence-corrected chi connectivity index (χ1v) is 7.13. The van der Waals surface area contributed by atoms with Crippen molar-refractivity contribution in [2.24, 2.45) is 5.92 Å². The molecule has 18 heavy (non-hydrogen) atoms. The van der Waals surface area contributed by atoms with Gasteiger partial charge in [-0.05, 0) is 59.7 Å². The van der Waals surface area contributed by atoms with Gasteiger partial charge in [0, 0.05) is 12.6 Å². The van der Waals surface area contributed by atoms with Crippen LogP contribution in [0.5, 0.6) is 0 Å². The molecule has 0 unspecified atom stereocenters. The number of piperidine rings is 1. The summed E-state index contributed by atoms with van der Waals surface area (Å²) in [7, 11) is 0. The van der Waals surface area contributed by atoms with Crippen molar-refractivity contribution in [3.63, 3.8) is 0 Å². The van der Waals surface area contributed by atoms with Gasteiger partial charge in [-0.1, -0.05) is 0 Å². The number of nitrogens with one attached hydrogen (secondary N) is 1. The van der Waals surface area contributed by atoms with Gasteiger partial charge in [0.1, 0.15) is 5.60 Å². The Balaban J connectivity index is 1.77. The largest absolute Gasteiger partial charge is 0.460 e. The molecule has 0 aromatic rings. The van der Waals surface area contributed by atoms with E-state index in [1.54, 1.807) is 0 Å². The van der Waals surface area contributed by atoms with E-state index in [1.807, 2.05) is 20.8 Å². The molecule has 2 aliphatic rings. The van der Waals surface area contributed by atoms with E-state index in [9.17, 15) is 4.79 Å². The fraction of sp³-hybridized carbons (Fsp3) is 0.929. The summed E-state index contributed by atoms with van der Waals surface area (Å²) >= 11 is 0. The zero-order chi connectivity index (χ0) is 13.2. The van der Waals surface area contributed by atoms with Gasteiger partial charge in [-0.15, -0.1) is 0 Å². The maximum Gasteiger partial charge on any atom is 0.309 e. The predicted octanol–water partition coefficient (Wildman–Crippen LogP) is 1.40. The second-order valence-electron chi connectivity index (χ2n) is 6.49. The third kappa shape index (κ3) is 3.69. The molecule has 0 spiro atoms. The maximum absolute atomic E-state index is 12.0. The van der Waals surface area contributed by atoms with Crippen LogP contribution in [0.2, 0.25) is 0 Å². The lowest BCUT2D eigenvalue weighted by atomic mass is 9.95. The number of likely N-dealkylation sites (tertiary alicyclic amines) is 1. The SMILES string of the molecule is CC(C)(C)OC(=O)C1CCN([C@@H]2CCNC2)CC1. The van der Waals surface area contributed by atoms with E-state index >= 15 is 0 Å². The fourth-order valence-electron chi connectivity index (χ4n) is 2.84. The summed E-state index contributed by atoms with van der Waals surface area (Å²) in [5.41, 5.74) is -0.358. The molecule has 4 heteroatoms. The molecule has 2 rings (SSSR count). The summed E-state index contributed by atoms with van der Waals surface area (Å²) in [5.74, 6) is 0.0986. The minimum atomic E-state index is -0.358. The molecule has 2 saturated heterocycles. The fourth-order valence-corrected chi connectivity index (χ4v) is 2.84. The molecule has 0 aliphatic carbocycles. The van der Waals surface area contributed by atoms with Gasteiger partial charge in [0.25, 0.3) is 0 Å².